The van der Waals surface area contributed by atoms with Gasteiger partial charge < -0.3 is 15.1 Å². The van der Waals surface area contributed by atoms with Gasteiger partial charge in [0.25, 0.3) is 0 Å². The van der Waals surface area contributed by atoms with E-state index in [1.165, 1.54) is 17.9 Å². The highest BCUT2D eigenvalue weighted by Gasteiger charge is 2.33. The van der Waals surface area contributed by atoms with E-state index in [0.717, 1.165) is 45.5 Å². The highest BCUT2D eigenvalue weighted by molar-refractivity contribution is 8.09. The number of aromatic nitrogens is 2. The van der Waals surface area contributed by atoms with Crippen LogP contribution in [0.25, 0.3) is 21.4 Å². The van der Waals surface area contributed by atoms with Gasteiger partial charge >= 0.3 is 6.18 Å². The van der Waals surface area contributed by atoms with E-state index in [2.05, 4.69) is 54.7 Å². The number of hydrogen-bond acceptors (Lipinski definition) is 7. The van der Waals surface area contributed by atoms with Crippen molar-refractivity contribution in [3.8, 4) is 0 Å². The molecule has 4 rings (SSSR count). The molecular formula is C31H47F3N5OPS. The summed E-state index contributed by atoms with van der Waals surface area (Å²) in [6.45, 7) is 15.1. The second-order valence-electron chi connectivity index (χ2n) is 7.94. The van der Waals surface area contributed by atoms with E-state index in [4.69, 9.17) is 10.2 Å². The van der Waals surface area contributed by atoms with Gasteiger partial charge in [0.1, 0.15) is 5.50 Å². The molecule has 11 heteroatoms. The summed E-state index contributed by atoms with van der Waals surface area (Å²) in [7, 11) is 4.38. The number of allylic oxidation sites excluding steroid dienone is 3. The predicted octanol–water partition coefficient (Wildman–Crippen LogP) is 8.91. The zero-order chi connectivity index (χ0) is 32.1. The van der Waals surface area contributed by atoms with Gasteiger partial charge in [0.2, 0.25) is 0 Å². The van der Waals surface area contributed by atoms with Crippen LogP contribution < -0.4 is 11.1 Å². The SMILES string of the molecule is CC.CC.CC.CC(/C=C\CC(F)(F)F)=C/P.CN1C(c2cnco2)=C(c2ccc3cnccc3c2)SC1NCCN. The summed E-state index contributed by atoms with van der Waals surface area (Å²) in [5, 5.41) is 5.75. The topological polar surface area (TPSA) is 80.2 Å². The average Bonchev–Trinajstić information content (AvgIpc) is 3.66. The lowest BCUT2D eigenvalue weighted by Gasteiger charge is -2.23. The smallest absolute Gasteiger partial charge is 0.392 e. The first kappa shape index (κ1) is 39.4. The first-order valence-electron chi connectivity index (χ1n) is 14.2. The van der Waals surface area contributed by atoms with Crippen LogP contribution in [-0.2, 0) is 0 Å². The summed E-state index contributed by atoms with van der Waals surface area (Å²) in [6.07, 6.45) is 4.52. The fourth-order valence-corrected chi connectivity index (χ4v) is 4.81. The van der Waals surface area contributed by atoms with Crippen molar-refractivity contribution < 1.29 is 17.6 Å². The van der Waals surface area contributed by atoms with Crippen molar-refractivity contribution in [1.29, 1.82) is 0 Å². The van der Waals surface area contributed by atoms with E-state index in [1.54, 1.807) is 30.7 Å². The van der Waals surface area contributed by atoms with E-state index in [1.807, 2.05) is 60.0 Å². The summed E-state index contributed by atoms with van der Waals surface area (Å²) in [6, 6.07) is 8.45. The van der Waals surface area contributed by atoms with Crippen molar-refractivity contribution in [2.75, 3.05) is 20.1 Å². The number of nitrogens with zero attached hydrogens (tertiary/aromatic N) is 3. The van der Waals surface area contributed by atoms with Gasteiger partial charge in [0.15, 0.2) is 12.2 Å². The third kappa shape index (κ3) is 13.1. The summed E-state index contributed by atoms with van der Waals surface area (Å²) >= 11 is 1.76. The van der Waals surface area contributed by atoms with Gasteiger partial charge in [-0.25, -0.2) is 4.98 Å². The maximum absolute atomic E-state index is 11.5. The predicted molar refractivity (Wildman–Crippen MR) is 179 cm³/mol. The van der Waals surface area contributed by atoms with Crippen LogP contribution in [0, 0.1) is 0 Å². The number of fused-ring (bicyclic) bond motifs is 1. The van der Waals surface area contributed by atoms with Crippen molar-refractivity contribution in [3.05, 3.63) is 84.1 Å². The molecule has 0 amide bonds. The van der Waals surface area contributed by atoms with Gasteiger partial charge in [0, 0.05) is 42.8 Å². The summed E-state index contributed by atoms with van der Waals surface area (Å²) in [5.41, 5.74) is 8.74. The fourth-order valence-electron chi connectivity index (χ4n) is 3.39. The Kier molecular flexibility index (Phi) is 20.6. The Bertz CT molecular complexity index is 1230. The molecule has 0 saturated heterocycles. The molecule has 0 spiro atoms. The number of benzene rings is 1. The monoisotopic (exact) mass is 625 g/mol. The van der Waals surface area contributed by atoms with Crippen LogP contribution in [0.15, 0.2) is 77.2 Å². The third-order valence-corrected chi connectivity index (χ3v) is 7.07. The lowest BCUT2D eigenvalue weighted by molar-refractivity contribution is -0.125. The van der Waals surface area contributed by atoms with Crippen LogP contribution in [0.1, 0.15) is 66.2 Å². The molecule has 2 atom stereocenters. The van der Waals surface area contributed by atoms with Crippen LogP contribution in [0.2, 0.25) is 0 Å². The second-order valence-corrected chi connectivity index (χ2v) is 9.36. The number of alkyl halides is 3. The Morgan fingerprint density at radius 3 is 2.36 bits per heavy atom. The highest BCUT2D eigenvalue weighted by Crippen LogP contribution is 2.46. The fraction of sp³-hybridized carbons (Fsp3) is 0.419. The molecule has 1 aliphatic rings. The number of rotatable bonds is 7. The number of nitrogens with two attached hydrogens (primary N) is 1. The molecule has 0 saturated carbocycles. The lowest BCUT2D eigenvalue weighted by atomic mass is 10.1. The molecule has 1 aromatic carbocycles. The number of hydrogen-bond donors (Lipinski definition) is 2. The van der Waals surface area contributed by atoms with Crippen molar-refractivity contribution in [1.82, 2.24) is 20.2 Å². The van der Waals surface area contributed by atoms with Gasteiger partial charge in [-0.05, 0) is 30.0 Å². The average molecular weight is 626 g/mol. The summed E-state index contributed by atoms with van der Waals surface area (Å²) < 4.78 is 40.2. The molecule has 3 heterocycles. The maximum atomic E-state index is 11.5. The minimum Gasteiger partial charge on any atom is -0.442 e. The minimum absolute atomic E-state index is 0.104. The molecule has 42 heavy (non-hydrogen) atoms. The quantitative estimate of drug-likeness (QED) is 0.200. The van der Waals surface area contributed by atoms with E-state index < -0.39 is 12.6 Å². The Labute approximate surface area is 256 Å². The van der Waals surface area contributed by atoms with Crippen LogP contribution in [0.3, 0.4) is 0 Å². The van der Waals surface area contributed by atoms with Gasteiger partial charge in [-0.3, -0.25) is 10.3 Å². The molecule has 3 aromatic rings. The first-order chi connectivity index (χ1) is 20.2. The largest absolute Gasteiger partial charge is 0.442 e. The first-order valence-corrected chi connectivity index (χ1v) is 15.7. The molecule has 0 bridgehead atoms. The zero-order valence-electron chi connectivity index (χ0n) is 26.0. The molecule has 2 aromatic heterocycles. The summed E-state index contributed by atoms with van der Waals surface area (Å²) in [5.74, 6) is 2.43. The van der Waals surface area contributed by atoms with Crippen LogP contribution >= 0.6 is 21.0 Å². The van der Waals surface area contributed by atoms with Crippen LogP contribution in [0.5, 0.6) is 0 Å². The third-order valence-electron chi connectivity index (χ3n) is 5.17. The normalized spacial score (nSPS) is 14.7. The number of thioether (sulfide) groups is 1. The molecule has 2 unspecified atom stereocenters. The Balaban J connectivity index is 0.000000838. The Morgan fingerprint density at radius 1 is 1.10 bits per heavy atom. The van der Waals surface area contributed by atoms with Gasteiger partial charge in [-0.2, -0.15) is 13.2 Å². The Hall–Kier alpha value is -2.65. The number of pyridine rings is 1. The molecule has 6 nitrogen and oxygen atoms in total. The van der Waals surface area contributed by atoms with Crippen molar-refractivity contribution in [3.63, 3.8) is 0 Å². The van der Waals surface area contributed by atoms with Crippen molar-refractivity contribution in [2.24, 2.45) is 5.73 Å². The standard InChI is InChI=1S/C18H19N5OS.C7H10F3P.3C2H6/c1-23-16(15-10-21-11-24-15)17(25-18(23)22-7-5-19)13-2-3-14-9-20-6-4-12(14)8-13;1-6(5-11)3-2-4-7(8,9)10;3*1-2/h2-4,6,8-11,18,22H,5,7,19H2,1H3;2-3,5H,4,11H2,1H3;3*1-2H3/b;3-2-,6-5-;;;. The lowest BCUT2D eigenvalue weighted by Crippen LogP contribution is -2.39. The van der Waals surface area contributed by atoms with Gasteiger partial charge in [0.05, 0.1) is 18.3 Å². The van der Waals surface area contributed by atoms with E-state index in [9.17, 15) is 13.2 Å². The van der Waals surface area contributed by atoms with Crippen LogP contribution in [0.4, 0.5) is 13.2 Å². The zero-order valence-corrected chi connectivity index (χ0v) is 28.0. The van der Waals surface area contributed by atoms with E-state index in [-0.39, 0.29) is 5.50 Å². The molecule has 0 radical (unpaired) electrons. The molecule has 0 aliphatic carbocycles. The van der Waals surface area contributed by atoms with Gasteiger partial charge in [-0.1, -0.05) is 89.0 Å². The van der Waals surface area contributed by atoms with Gasteiger partial charge in [-0.15, -0.1) is 9.24 Å². The van der Waals surface area contributed by atoms with Crippen molar-refractivity contribution in [2.45, 2.75) is 66.6 Å². The Morgan fingerprint density at radius 2 is 1.79 bits per heavy atom. The van der Waals surface area contributed by atoms with E-state index >= 15 is 0 Å². The molecule has 3 N–H and O–H groups in total. The molecule has 234 valence electrons. The van der Waals surface area contributed by atoms with Crippen LogP contribution in [-0.4, -0.2) is 46.7 Å². The van der Waals surface area contributed by atoms with Crippen molar-refractivity contribution >= 4 is 42.4 Å². The number of halogens is 3. The molecular weight excluding hydrogens is 578 g/mol. The minimum atomic E-state index is -4.09. The van der Waals surface area contributed by atoms with E-state index in [0.29, 0.717) is 6.54 Å². The molecule has 1 aliphatic heterocycles. The molecule has 0 fully saturated rings. The maximum Gasteiger partial charge on any atom is 0.392 e. The highest BCUT2D eigenvalue weighted by atomic mass is 32.2. The second kappa shape index (κ2) is 22.0. The number of nitrogens with one attached hydrogen (secondary N) is 1. The number of oxazole rings is 1. The summed E-state index contributed by atoms with van der Waals surface area (Å²) in [4.78, 5) is 11.6.